The molecule has 0 aromatic heterocycles. The normalized spacial score (nSPS) is 27.1. The highest BCUT2D eigenvalue weighted by molar-refractivity contribution is 6.06. The van der Waals surface area contributed by atoms with Gasteiger partial charge < -0.3 is 9.84 Å². The van der Waals surface area contributed by atoms with E-state index in [0.29, 0.717) is 13.0 Å². The molecule has 4 atom stereocenters. The Hall–Kier alpha value is -3.22. The highest BCUT2D eigenvalue weighted by Gasteiger charge is 2.58. The zero-order chi connectivity index (χ0) is 29.2. The summed E-state index contributed by atoms with van der Waals surface area (Å²) in [5, 5.41) is 9.57. The van der Waals surface area contributed by atoms with Crippen LogP contribution in [0.15, 0.2) is 71.3 Å². The minimum absolute atomic E-state index is 0.00602. The minimum atomic E-state index is -0.269. The first kappa shape index (κ1) is 28.9. The van der Waals surface area contributed by atoms with Crippen LogP contribution >= 0.6 is 0 Å². The van der Waals surface area contributed by atoms with Crippen LogP contribution in [0.4, 0.5) is 0 Å². The number of carbonyl (C=O) groups excluding carboxylic acids is 2. The van der Waals surface area contributed by atoms with E-state index < -0.39 is 0 Å². The molecule has 2 aromatic carbocycles. The number of hydrogen-bond acceptors (Lipinski definition) is 5. The summed E-state index contributed by atoms with van der Waals surface area (Å²) in [6.45, 7) is 7.60. The predicted octanol–water partition coefficient (Wildman–Crippen LogP) is 6.36. The van der Waals surface area contributed by atoms with Crippen LogP contribution in [0.5, 0.6) is 5.75 Å². The first-order valence-electron chi connectivity index (χ1n) is 15.9. The summed E-state index contributed by atoms with van der Waals surface area (Å²) in [6.07, 6.45) is 8.35. The largest absolute Gasteiger partial charge is 0.508 e. The molecule has 3 saturated heterocycles. The maximum absolute atomic E-state index is 14.0. The topological polar surface area (TPSA) is 70.1 Å². The number of phenols is 1. The van der Waals surface area contributed by atoms with Crippen molar-refractivity contribution in [1.29, 1.82) is 0 Å². The number of imide groups is 1. The standard InChI is InChI=1S/C36H44N2O4/c1-3-7-27-21-30-34(31-23-42-32(33(27)31)15-10-24(2)20-25-11-13-29(39)14-12-25)36(41)38(35(30)40)28-16-18-37(19-17-28)22-26-8-5-4-6-9-26/h4-6,8-9,11-14,20,28,30-32,34,39H,3,7,10,15-19,21-23H2,1-2H3/b24-20+/t30-,31+,32-,34-/m1/s1. The summed E-state index contributed by atoms with van der Waals surface area (Å²) in [5.74, 6) is -0.0836. The third kappa shape index (κ3) is 5.84. The van der Waals surface area contributed by atoms with Gasteiger partial charge in [-0.3, -0.25) is 19.4 Å². The Bertz CT molecular complexity index is 1340. The van der Waals surface area contributed by atoms with E-state index in [9.17, 15) is 14.7 Å². The van der Waals surface area contributed by atoms with Crippen molar-refractivity contribution in [2.75, 3.05) is 19.7 Å². The number of allylic oxidation sites excluding steroid dienone is 2. The summed E-state index contributed by atoms with van der Waals surface area (Å²) in [4.78, 5) is 32.0. The molecular weight excluding hydrogens is 524 g/mol. The van der Waals surface area contributed by atoms with Crippen LogP contribution in [0, 0.1) is 17.8 Å². The molecule has 42 heavy (non-hydrogen) atoms. The second-order valence-electron chi connectivity index (χ2n) is 12.7. The number of fused-ring (bicyclic) bond motifs is 3. The zero-order valence-electron chi connectivity index (χ0n) is 25.0. The molecule has 1 N–H and O–H groups in total. The maximum atomic E-state index is 14.0. The molecule has 222 valence electrons. The SMILES string of the molecule is CCCC1=C2[C@@H](CC/C(C)=C/c3ccc(O)cc3)OC[C@@H]2[C@@H]2C(=O)N(C3CCN(Cc4ccccc4)CC3)C(=O)[C@@H]2C1. The number of benzene rings is 2. The first-order chi connectivity index (χ1) is 20.4. The Labute approximate surface area is 250 Å². The highest BCUT2D eigenvalue weighted by Crippen LogP contribution is 2.51. The molecule has 0 spiro atoms. The lowest BCUT2D eigenvalue weighted by molar-refractivity contribution is -0.144. The molecule has 2 aromatic rings. The lowest BCUT2D eigenvalue weighted by atomic mass is 9.68. The predicted molar refractivity (Wildman–Crippen MR) is 164 cm³/mol. The second-order valence-corrected chi connectivity index (χ2v) is 12.7. The number of amides is 2. The van der Waals surface area contributed by atoms with Gasteiger partial charge in [0, 0.05) is 31.6 Å². The molecule has 0 unspecified atom stereocenters. The maximum Gasteiger partial charge on any atom is 0.234 e. The van der Waals surface area contributed by atoms with E-state index in [1.807, 2.05) is 18.2 Å². The van der Waals surface area contributed by atoms with E-state index in [4.69, 9.17) is 4.74 Å². The molecular formula is C36H44N2O4. The van der Waals surface area contributed by atoms with E-state index >= 15 is 0 Å². The van der Waals surface area contributed by atoms with Gasteiger partial charge in [0.05, 0.1) is 24.5 Å². The number of likely N-dealkylation sites (tertiary alicyclic amines) is 2. The van der Waals surface area contributed by atoms with Crippen molar-refractivity contribution in [3.63, 3.8) is 0 Å². The van der Waals surface area contributed by atoms with Crippen molar-refractivity contribution in [3.8, 4) is 5.75 Å². The van der Waals surface area contributed by atoms with E-state index in [1.165, 1.54) is 22.3 Å². The van der Waals surface area contributed by atoms with Crippen LogP contribution in [-0.4, -0.2) is 58.6 Å². The third-order valence-electron chi connectivity index (χ3n) is 9.87. The van der Waals surface area contributed by atoms with E-state index in [-0.39, 0.29) is 47.5 Å². The van der Waals surface area contributed by atoms with Gasteiger partial charge in [0.1, 0.15) is 5.75 Å². The number of nitrogens with zero attached hydrogens (tertiary/aromatic N) is 2. The van der Waals surface area contributed by atoms with Crippen LogP contribution in [0.1, 0.15) is 69.9 Å². The van der Waals surface area contributed by atoms with Gasteiger partial charge >= 0.3 is 0 Å². The molecule has 3 aliphatic heterocycles. The fourth-order valence-corrected chi connectivity index (χ4v) is 7.86. The van der Waals surface area contributed by atoms with Gasteiger partial charge in [-0.2, -0.15) is 0 Å². The first-order valence-corrected chi connectivity index (χ1v) is 15.9. The fraction of sp³-hybridized carbons (Fsp3) is 0.500. The number of piperidine rings is 1. The molecule has 0 bridgehead atoms. The van der Waals surface area contributed by atoms with E-state index in [0.717, 1.165) is 63.7 Å². The summed E-state index contributed by atoms with van der Waals surface area (Å²) < 4.78 is 6.43. The summed E-state index contributed by atoms with van der Waals surface area (Å²) in [5.41, 5.74) is 6.33. The van der Waals surface area contributed by atoms with Gasteiger partial charge in [0.25, 0.3) is 0 Å². The molecule has 2 amide bonds. The monoisotopic (exact) mass is 568 g/mol. The van der Waals surface area contributed by atoms with E-state index in [1.54, 1.807) is 17.0 Å². The van der Waals surface area contributed by atoms with Gasteiger partial charge in [-0.25, -0.2) is 0 Å². The Morgan fingerprint density at radius 1 is 1.00 bits per heavy atom. The van der Waals surface area contributed by atoms with Crippen molar-refractivity contribution in [2.45, 2.75) is 77.5 Å². The van der Waals surface area contributed by atoms with E-state index in [2.05, 4.69) is 49.1 Å². The Kier molecular flexibility index (Phi) is 8.64. The van der Waals surface area contributed by atoms with Gasteiger partial charge in [0.2, 0.25) is 11.8 Å². The average molecular weight is 569 g/mol. The van der Waals surface area contributed by atoms with Gasteiger partial charge in [0.15, 0.2) is 0 Å². The van der Waals surface area contributed by atoms with Crippen LogP contribution in [0.2, 0.25) is 0 Å². The Morgan fingerprint density at radius 2 is 1.74 bits per heavy atom. The summed E-state index contributed by atoms with van der Waals surface area (Å²) >= 11 is 0. The van der Waals surface area contributed by atoms with Crippen LogP contribution < -0.4 is 0 Å². The average Bonchev–Trinajstić information content (AvgIpc) is 3.53. The quantitative estimate of drug-likeness (QED) is 0.282. The number of phenolic OH excluding ortho intramolecular Hbond substituents is 1. The van der Waals surface area contributed by atoms with Crippen molar-refractivity contribution < 1.29 is 19.4 Å². The van der Waals surface area contributed by atoms with Gasteiger partial charge in [-0.05, 0) is 74.3 Å². The van der Waals surface area contributed by atoms with Gasteiger partial charge in [-0.1, -0.05) is 73.0 Å². The summed E-state index contributed by atoms with van der Waals surface area (Å²) in [7, 11) is 0. The molecule has 6 rings (SSSR count). The molecule has 3 heterocycles. The zero-order valence-corrected chi connectivity index (χ0v) is 25.0. The number of aromatic hydroxyl groups is 1. The number of carbonyl (C=O) groups is 2. The fourth-order valence-electron chi connectivity index (χ4n) is 7.86. The van der Waals surface area contributed by atoms with Crippen molar-refractivity contribution in [2.24, 2.45) is 17.8 Å². The third-order valence-corrected chi connectivity index (χ3v) is 9.87. The minimum Gasteiger partial charge on any atom is -0.508 e. The lowest BCUT2D eigenvalue weighted by Gasteiger charge is -2.36. The van der Waals surface area contributed by atoms with Crippen LogP contribution in [0.3, 0.4) is 0 Å². The van der Waals surface area contributed by atoms with Gasteiger partial charge in [-0.15, -0.1) is 0 Å². The van der Waals surface area contributed by atoms with Crippen LogP contribution in [0.25, 0.3) is 6.08 Å². The van der Waals surface area contributed by atoms with Crippen molar-refractivity contribution in [3.05, 3.63) is 82.4 Å². The number of hydrogen-bond donors (Lipinski definition) is 1. The highest BCUT2D eigenvalue weighted by atomic mass is 16.5. The van der Waals surface area contributed by atoms with Crippen LogP contribution in [-0.2, 0) is 20.9 Å². The second kappa shape index (κ2) is 12.6. The molecule has 3 fully saturated rings. The molecule has 0 saturated carbocycles. The number of ether oxygens (including phenoxy) is 1. The summed E-state index contributed by atoms with van der Waals surface area (Å²) in [6, 6.07) is 17.8. The van der Waals surface area contributed by atoms with Crippen molar-refractivity contribution >= 4 is 17.9 Å². The Morgan fingerprint density at radius 3 is 2.45 bits per heavy atom. The lowest BCUT2D eigenvalue weighted by Crippen LogP contribution is -2.47. The molecule has 4 aliphatic rings. The molecule has 1 aliphatic carbocycles. The molecule has 6 nitrogen and oxygen atoms in total. The Balaban J connectivity index is 1.13. The smallest absolute Gasteiger partial charge is 0.234 e. The van der Waals surface area contributed by atoms with Crippen molar-refractivity contribution in [1.82, 2.24) is 9.80 Å². The molecule has 6 heteroatoms. The number of rotatable bonds is 9. The molecule has 0 radical (unpaired) electrons.